The Kier molecular flexibility index (Phi) is 27.8. The zero-order chi connectivity index (χ0) is 26.1. The number of carbonyl (C=O) groups is 2. The molecule has 0 unspecified atom stereocenters. The molecule has 187 valence electrons. The molecule has 1 radical (unpaired) electrons. The van der Waals surface area contributed by atoms with Gasteiger partial charge in [0.1, 0.15) is 11.6 Å². The lowest BCUT2D eigenvalue weighted by Crippen LogP contribution is -2.02. The monoisotopic (exact) mass is 457 g/mol. The van der Waals surface area contributed by atoms with E-state index >= 15 is 0 Å². The van der Waals surface area contributed by atoms with Gasteiger partial charge in [-0.3, -0.25) is 4.79 Å². The van der Waals surface area contributed by atoms with Crippen LogP contribution in [0.25, 0.3) is 0 Å². The van der Waals surface area contributed by atoms with E-state index in [4.69, 9.17) is 5.11 Å². The fourth-order valence-corrected chi connectivity index (χ4v) is 2.12. The molecule has 0 spiro atoms. The molecular formula is C30H49O3. The Hall–Kier alpha value is -2.26. The van der Waals surface area contributed by atoms with Gasteiger partial charge in [-0.15, -0.1) is 0 Å². The number of Topliss-reactive ketones (excluding diaryl/α,β-unsaturated/α-hetero) is 2. The van der Waals surface area contributed by atoms with Crippen molar-refractivity contribution in [3.8, 4) is 0 Å². The summed E-state index contributed by atoms with van der Waals surface area (Å²) < 4.78 is 0. The predicted molar refractivity (Wildman–Crippen MR) is 145 cm³/mol. The summed E-state index contributed by atoms with van der Waals surface area (Å²) in [5.41, 5.74) is 3.98. The third kappa shape index (κ3) is 40.6. The van der Waals surface area contributed by atoms with E-state index in [2.05, 4.69) is 64.1 Å². The number of aryl methyl sites for hydroxylation is 3. The Balaban J connectivity index is -0.000000340. The topological polar surface area (TPSA) is 54.4 Å². The molecule has 0 aliphatic heterocycles. The first-order valence-corrected chi connectivity index (χ1v) is 12.0. The molecule has 2 aromatic rings. The Morgan fingerprint density at radius 1 is 0.818 bits per heavy atom. The molecule has 1 fully saturated rings. The summed E-state index contributed by atoms with van der Waals surface area (Å²) in [5.74, 6) is 0.631. The standard InChI is InChI=1S/C8H10.C7H8.C6H10O.C3H8O.C3H6O.C3H7/c1-7-3-5-8(2)6-4-7;1-7-5-3-2-4-6-7;7-6-4-2-1-3-5-6;2*1-3(2)4;1-3-2/h3-6H,1-2H3;2-6H,1H3;1-5H2;3-4H,1-2H3;1-2H3;1,3H2,2H3. The van der Waals surface area contributed by atoms with Gasteiger partial charge in [-0.05, 0) is 61.3 Å². The molecule has 1 saturated carbocycles. The van der Waals surface area contributed by atoms with Gasteiger partial charge in [-0.1, -0.05) is 98.0 Å². The predicted octanol–water partition coefficient (Wildman–Crippen LogP) is 8.03. The molecule has 0 aromatic heterocycles. The molecule has 0 atom stereocenters. The second-order valence-electron chi connectivity index (χ2n) is 8.41. The van der Waals surface area contributed by atoms with Crippen molar-refractivity contribution in [2.45, 2.75) is 100 Å². The first-order valence-electron chi connectivity index (χ1n) is 12.0. The SMILES string of the molecule is CC(C)=O.CC(C)O.Cc1ccc(C)cc1.Cc1ccccc1.O=C1CCCCC1.[CH2]CC. The molecule has 0 amide bonds. The third-order valence-electron chi connectivity index (χ3n) is 3.57. The molecule has 3 nitrogen and oxygen atoms in total. The van der Waals surface area contributed by atoms with Crippen LogP contribution in [0.1, 0.15) is 89.8 Å². The van der Waals surface area contributed by atoms with Gasteiger partial charge in [-0.2, -0.15) is 0 Å². The maximum atomic E-state index is 10.5. The average molecular weight is 458 g/mol. The van der Waals surface area contributed by atoms with Gasteiger partial charge in [0.25, 0.3) is 0 Å². The molecule has 0 saturated heterocycles. The van der Waals surface area contributed by atoms with Crippen LogP contribution in [0.2, 0.25) is 0 Å². The molecule has 0 bridgehead atoms. The van der Waals surface area contributed by atoms with Crippen molar-refractivity contribution >= 4 is 11.6 Å². The van der Waals surface area contributed by atoms with Crippen LogP contribution in [0, 0.1) is 27.7 Å². The van der Waals surface area contributed by atoms with E-state index in [0.717, 1.165) is 32.1 Å². The average Bonchev–Trinajstić information content (AvgIpc) is 2.72. The van der Waals surface area contributed by atoms with Crippen LogP contribution in [0.3, 0.4) is 0 Å². The lowest BCUT2D eigenvalue weighted by atomic mass is 10.00. The lowest BCUT2D eigenvalue weighted by Gasteiger charge is -2.05. The highest BCUT2D eigenvalue weighted by molar-refractivity contribution is 5.78. The number of aliphatic hydroxyl groups is 1. The van der Waals surface area contributed by atoms with Crippen molar-refractivity contribution in [3.05, 3.63) is 78.2 Å². The minimum Gasteiger partial charge on any atom is -0.394 e. The van der Waals surface area contributed by atoms with Crippen LogP contribution in [0.4, 0.5) is 0 Å². The Morgan fingerprint density at radius 2 is 1.09 bits per heavy atom. The molecule has 1 aliphatic rings. The number of hydrogen-bond acceptors (Lipinski definition) is 3. The number of hydrogen-bond donors (Lipinski definition) is 1. The molecule has 0 heterocycles. The Labute approximate surface area is 204 Å². The van der Waals surface area contributed by atoms with E-state index in [1.165, 1.54) is 37.0 Å². The van der Waals surface area contributed by atoms with Crippen LogP contribution < -0.4 is 0 Å². The normalized spacial score (nSPS) is 11.3. The van der Waals surface area contributed by atoms with Gasteiger partial charge in [-0.25, -0.2) is 0 Å². The van der Waals surface area contributed by atoms with Crippen molar-refractivity contribution in [2.75, 3.05) is 0 Å². The van der Waals surface area contributed by atoms with Crippen LogP contribution in [0.15, 0.2) is 54.6 Å². The van der Waals surface area contributed by atoms with E-state index in [0.29, 0.717) is 5.78 Å². The zero-order valence-corrected chi connectivity index (χ0v) is 22.5. The quantitative estimate of drug-likeness (QED) is 0.435. The fraction of sp³-hybridized carbons (Fsp3) is 0.500. The van der Waals surface area contributed by atoms with Crippen molar-refractivity contribution in [1.29, 1.82) is 0 Å². The van der Waals surface area contributed by atoms with E-state index in [-0.39, 0.29) is 11.9 Å². The van der Waals surface area contributed by atoms with Crippen LogP contribution in [0.5, 0.6) is 0 Å². The second kappa shape index (κ2) is 26.0. The highest BCUT2D eigenvalue weighted by Gasteiger charge is 2.05. The van der Waals surface area contributed by atoms with E-state index < -0.39 is 0 Å². The smallest absolute Gasteiger partial charge is 0.132 e. The van der Waals surface area contributed by atoms with E-state index in [9.17, 15) is 9.59 Å². The van der Waals surface area contributed by atoms with E-state index in [1.807, 2.05) is 25.1 Å². The minimum absolute atomic E-state index is 0.167. The van der Waals surface area contributed by atoms with Gasteiger partial charge >= 0.3 is 0 Å². The number of benzene rings is 2. The van der Waals surface area contributed by atoms with Crippen LogP contribution in [-0.4, -0.2) is 22.8 Å². The highest BCUT2D eigenvalue weighted by Crippen LogP contribution is 2.12. The minimum atomic E-state index is -0.167. The van der Waals surface area contributed by atoms with Crippen molar-refractivity contribution in [1.82, 2.24) is 0 Å². The second-order valence-corrected chi connectivity index (χ2v) is 8.41. The summed E-state index contributed by atoms with van der Waals surface area (Å²) in [7, 11) is 0. The summed E-state index contributed by atoms with van der Waals surface area (Å²) in [6.45, 7) is 18.3. The fourth-order valence-electron chi connectivity index (χ4n) is 2.12. The van der Waals surface area contributed by atoms with Crippen LogP contribution in [-0.2, 0) is 9.59 Å². The summed E-state index contributed by atoms with van der Waals surface area (Å²) in [5, 5.41) is 8.06. The molecule has 3 rings (SSSR count). The van der Waals surface area contributed by atoms with Gasteiger partial charge in [0.05, 0.1) is 0 Å². The first-order chi connectivity index (χ1) is 15.5. The number of ketones is 2. The molecule has 33 heavy (non-hydrogen) atoms. The lowest BCUT2D eigenvalue weighted by molar-refractivity contribution is -0.120. The summed E-state index contributed by atoms with van der Waals surface area (Å²) in [4.78, 5) is 19.9. The number of rotatable bonds is 0. The van der Waals surface area contributed by atoms with Gasteiger partial charge < -0.3 is 9.90 Å². The van der Waals surface area contributed by atoms with Crippen LogP contribution >= 0.6 is 0 Å². The van der Waals surface area contributed by atoms with E-state index in [1.54, 1.807) is 13.8 Å². The zero-order valence-electron chi connectivity index (χ0n) is 22.5. The largest absolute Gasteiger partial charge is 0.394 e. The molecule has 1 N–H and O–H groups in total. The number of aliphatic hydroxyl groups excluding tert-OH is 1. The maximum Gasteiger partial charge on any atom is 0.132 e. The third-order valence-corrected chi connectivity index (χ3v) is 3.57. The molecule has 1 aliphatic carbocycles. The van der Waals surface area contributed by atoms with Crippen molar-refractivity contribution < 1.29 is 14.7 Å². The van der Waals surface area contributed by atoms with Gasteiger partial charge in [0.2, 0.25) is 0 Å². The maximum absolute atomic E-state index is 10.5. The Bertz CT molecular complexity index is 638. The summed E-state index contributed by atoms with van der Waals surface area (Å²) in [6.07, 6.45) is 6.07. The number of carbonyl (C=O) groups excluding carboxylic acids is 2. The van der Waals surface area contributed by atoms with Crippen molar-refractivity contribution in [3.63, 3.8) is 0 Å². The van der Waals surface area contributed by atoms with Gasteiger partial charge in [0.15, 0.2) is 0 Å². The highest BCUT2D eigenvalue weighted by atomic mass is 16.3. The molecular weight excluding hydrogens is 408 g/mol. The molecule has 2 aromatic carbocycles. The summed E-state index contributed by atoms with van der Waals surface area (Å²) >= 11 is 0. The van der Waals surface area contributed by atoms with Crippen molar-refractivity contribution in [2.24, 2.45) is 0 Å². The summed E-state index contributed by atoms with van der Waals surface area (Å²) in [6, 6.07) is 18.7. The van der Waals surface area contributed by atoms with Gasteiger partial charge in [0, 0.05) is 18.9 Å². The Morgan fingerprint density at radius 3 is 1.27 bits per heavy atom. The first kappa shape index (κ1) is 35.3. The molecule has 3 heteroatoms.